The number of nitrogens with zero attached hydrogens (tertiary/aromatic N) is 1. The molecule has 2 nitrogen and oxygen atoms in total. The normalized spacial score (nSPS) is 17.3. The van der Waals surface area contributed by atoms with Gasteiger partial charge in [-0.1, -0.05) is 0 Å². The molecule has 7 heteroatoms. The molecule has 1 aromatic rings. The Morgan fingerprint density at radius 3 is 2.48 bits per heavy atom. The van der Waals surface area contributed by atoms with Crippen LogP contribution >= 0.6 is 27.5 Å². The number of rotatable bonds is 4. The van der Waals surface area contributed by atoms with Gasteiger partial charge in [0.25, 0.3) is 0 Å². The second-order valence-electron chi connectivity index (χ2n) is 4.91. The van der Waals surface area contributed by atoms with E-state index < -0.39 is 11.7 Å². The molecule has 0 aliphatic carbocycles. The van der Waals surface area contributed by atoms with Gasteiger partial charge >= 0.3 is 6.18 Å². The summed E-state index contributed by atoms with van der Waals surface area (Å²) in [7, 11) is 0. The Morgan fingerprint density at radius 1 is 1.29 bits per heavy atom. The Balaban J connectivity index is 2.00. The molecule has 0 radical (unpaired) electrons. The molecule has 1 fully saturated rings. The summed E-state index contributed by atoms with van der Waals surface area (Å²) in [5, 5.41) is 0. The monoisotopic (exact) mass is 385 g/mol. The van der Waals surface area contributed by atoms with Crippen LogP contribution in [0.25, 0.3) is 0 Å². The molecule has 0 atom stereocenters. The van der Waals surface area contributed by atoms with Gasteiger partial charge in [-0.05, 0) is 47.0 Å². The number of hydrogen-bond donors (Lipinski definition) is 0. The number of hydrogen-bond acceptors (Lipinski definition) is 2. The molecule has 0 N–H and O–H groups in total. The van der Waals surface area contributed by atoms with E-state index in [2.05, 4.69) is 20.8 Å². The molecule has 1 heterocycles. The van der Waals surface area contributed by atoms with Crippen LogP contribution < -0.4 is 4.90 Å². The van der Waals surface area contributed by atoms with Crippen LogP contribution in [-0.4, -0.2) is 31.7 Å². The summed E-state index contributed by atoms with van der Waals surface area (Å²) in [6.45, 7) is 2.06. The van der Waals surface area contributed by atoms with Crippen LogP contribution in [0, 0.1) is 0 Å². The van der Waals surface area contributed by atoms with Crippen LogP contribution in [0.5, 0.6) is 0 Å². The van der Waals surface area contributed by atoms with E-state index in [0.717, 1.165) is 43.8 Å². The topological polar surface area (TPSA) is 12.5 Å². The first-order chi connectivity index (χ1) is 9.91. The van der Waals surface area contributed by atoms with Crippen molar-refractivity contribution < 1.29 is 17.9 Å². The van der Waals surface area contributed by atoms with Crippen LogP contribution in [0.15, 0.2) is 22.7 Å². The summed E-state index contributed by atoms with van der Waals surface area (Å²) in [5.74, 6) is 0.477. The molecule has 0 spiro atoms. The average Bonchev–Trinajstić information content (AvgIpc) is 2.45. The van der Waals surface area contributed by atoms with Crippen molar-refractivity contribution in [3.05, 3.63) is 28.2 Å². The van der Waals surface area contributed by atoms with Crippen molar-refractivity contribution in [1.29, 1.82) is 0 Å². The second-order valence-corrected chi connectivity index (χ2v) is 6.14. The van der Waals surface area contributed by atoms with E-state index in [1.165, 1.54) is 6.07 Å². The molecule has 0 unspecified atom stereocenters. The molecule has 118 valence electrons. The molecule has 1 aliphatic rings. The highest BCUT2D eigenvalue weighted by Crippen LogP contribution is 2.36. The lowest BCUT2D eigenvalue weighted by Crippen LogP contribution is -2.37. The predicted molar refractivity (Wildman–Crippen MR) is 81.1 cm³/mol. The highest BCUT2D eigenvalue weighted by molar-refractivity contribution is 9.10. The molecule has 0 amide bonds. The zero-order valence-electron chi connectivity index (χ0n) is 11.3. The first-order valence-electron chi connectivity index (χ1n) is 6.71. The lowest BCUT2D eigenvalue weighted by molar-refractivity contribution is -0.137. The molecular formula is C14H16BrClF3NO. The fraction of sp³-hybridized carbons (Fsp3) is 0.571. The number of benzene rings is 1. The molecule has 0 saturated carbocycles. The van der Waals surface area contributed by atoms with Gasteiger partial charge in [-0.2, -0.15) is 13.2 Å². The van der Waals surface area contributed by atoms with Crippen LogP contribution in [0.4, 0.5) is 18.9 Å². The van der Waals surface area contributed by atoms with E-state index in [-0.39, 0.29) is 6.10 Å². The zero-order valence-corrected chi connectivity index (χ0v) is 13.6. The SMILES string of the molecule is FC(F)(F)c1ccc(N2CCC(OCCCl)CC2)c(Br)c1. The molecule has 1 aromatic carbocycles. The van der Waals surface area contributed by atoms with E-state index in [0.29, 0.717) is 17.0 Å². The number of ether oxygens (including phenoxy) is 1. The first kappa shape index (κ1) is 16.9. The van der Waals surface area contributed by atoms with Crippen LogP contribution in [0.3, 0.4) is 0 Å². The summed E-state index contributed by atoms with van der Waals surface area (Å²) in [5.41, 5.74) is 0.150. The Labute approximate surface area is 135 Å². The summed E-state index contributed by atoms with van der Waals surface area (Å²) in [6, 6.07) is 3.77. The Hall–Kier alpha value is -0.460. The van der Waals surface area contributed by atoms with E-state index in [1.54, 1.807) is 0 Å². The lowest BCUT2D eigenvalue weighted by Gasteiger charge is -2.34. The number of halogens is 5. The summed E-state index contributed by atoms with van der Waals surface area (Å²) in [6.07, 6.45) is -2.42. The Kier molecular flexibility index (Phi) is 5.80. The third-order valence-electron chi connectivity index (χ3n) is 3.49. The quantitative estimate of drug-likeness (QED) is 0.696. The third kappa shape index (κ3) is 4.50. The Morgan fingerprint density at radius 2 is 1.95 bits per heavy atom. The molecule has 0 aromatic heterocycles. The van der Waals surface area contributed by atoms with Crippen LogP contribution in [0.2, 0.25) is 0 Å². The second kappa shape index (κ2) is 7.20. The lowest BCUT2D eigenvalue weighted by atomic mass is 10.1. The minimum Gasteiger partial charge on any atom is -0.377 e. The van der Waals surface area contributed by atoms with E-state index in [4.69, 9.17) is 16.3 Å². The summed E-state index contributed by atoms with van der Waals surface area (Å²) >= 11 is 8.83. The maximum atomic E-state index is 12.6. The summed E-state index contributed by atoms with van der Waals surface area (Å²) in [4.78, 5) is 2.07. The van der Waals surface area contributed by atoms with Gasteiger partial charge in [0.15, 0.2) is 0 Å². The van der Waals surface area contributed by atoms with E-state index in [9.17, 15) is 13.2 Å². The minimum absolute atomic E-state index is 0.188. The zero-order chi connectivity index (χ0) is 15.5. The predicted octanol–water partition coefficient (Wildman–Crippen LogP) is 4.69. The van der Waals surface area contributed by atoms with Gasteiger partial charge in [-0.25, -0.2) is 0 Å². The van der Waals surface area contributed by atoms with Crippen molar-refractivity contribution in [2.24, 2.45) is 0 Å². The smallest absolute Gasteiger partial charge is 0.377 e. The fourth-order valence-corrected chi connectivity index (χ4v) is 3.13. The first-order valence-corrected chi connectivity index (χ1v) is 8.04. The van der Waals surface area contributed by atoms with Crippen molar-refractivity contribution in [2.75, 3.05) is 30.5 Å². The van der Waals surface area contributed by atoms with Gasteiger partial charge in [0.2, 0.25) is 0 Å². The number of alkyl halides is 4. The largest absolute Gasteiger partial charge is 0.416 e. The van der Waals surface area contributed by atoms with Gasteiger partial charge in [0, 0.05) is 23.4 Å². The molecular weight excluding hydrogens is 371 g/mol. The van der Waals surface area contributed by atoms with Crippen molar-refractivity contribution in [2.45, 2.75) is 25.1 Å². The van der Waals surface area contributed by atoms with Crippen LogP contribution in [-0.2, 0) is 10.9 Å². The van der Waals surface area contributed by atoms with Gasteiger partial charge in [-0.3, -0.25) is 0 Å². The van der Waals surface area contributed by atoms with E-state index >= 15 is 0 Å². The van der Waals surface area contributed by atoms with E-state index in [1.807, 2.05) is 0 Å². The Bertz CT molecular complexity index is 476. The molecule has 21 heavy (non-hydrogen) atoms. The number of piperidine rings is 1. The molecule has 2 rings (SSSR count). The van der Waals surface area contributed by atoms with Gasteiger partial charge in [0.1, 0.15) is 0 Å². The molecule has 0 bridgehead atoms. The van der Waals surface area contributed by atoms with Crippen molar-refractivity contribution in [3.8, 4) is 0 Å². The van der Waals surface area contributed by atoms with Crippen LogP contribution in [0.1, 0.15) is 18.4 Å². The standard InChI is InChI=1S/C14H16BrClF3NO/c15-12-9-10(14(17,18)19)1-2-13(12)20-6-3-11(4-7-20)21-8-5-16/h1-2,9,11H,3-8H2. The maximum Gasteiger partial charge on any atom is 0.416 e. The molecule has 1 aliphatic heterocycles. The highest BCUT2D eigenvalue weighted by atomic mass is 79.9. The number of anilines is 1. The molecule has 1 saturated heterocycles. The van der Waals surface area contributed by atoms with Gasteiger partial charge in [0.05, 0.1) is 24.0 Å². The van der Waals surface area contributed by atoms with Gasteiger partial charge in [-0.15, -0.1) is 11.6 Å². The van der Waals surface area contributed by atoms with Gasteiger partial charge < -0.3 is 9.64 Å². The minimum atomic E-state index is -4.32. The summed E-state index contributed by atoms with van der Waals surface area (Å²) < 4.78 is 44.0. The highest BCUT2D eigenvalue weighted by Gasteiger charge is 2.31. The maximum absolute atomic E-state index is 12.6. The van der Waals surface area contributed by atoms with Crippen molar-refractivity contribution in [1.82, 2.24) is 0 Å². The van der Waals surface area contributed by atoms with Crippen molar-refractivity contribution in [3.63, 3.8) is 0 Å². The van der Waals surface area contributed by atoms with Crippen molar-refractivity contribution >= 4 is 33.2 Å². The third-order valence-corrected chi connectivity index (χ3v) is 4.28. The average molecular weight is 387 g/mol. The fourth-order valence-electron chi connectivity index (χ4n) is 2.41.